The molecule has 3 aromatic carbocycles. The molecule has 0 saturated carbocycles. The minimum absolute atomic E-state index is 0.118. The molecule has 3 aromatic rings. The van der Waals surface area contributed by atoms with Gasteiger partial charge >= 0.3 is 5.97 Å². The summed E-state index contributed by atoms with van der Waals surface area (Å²) in [6, 6.07) is 19.2. The Morgan fingerprint density at radius 3 is 2.00 bits per heavy atom. The zero-order valence-electron chi connectivity index (χ0n) is 15.5. The number of rotatable bonds is 6. The van der Waals surface area contributed by atoms with Gasteiger partial charge in [-0.15, -0.1) is 0 Å². The van der Waals surface area contributed by atoms with E-state index in [1.807, 2.05) is 0 Å². The van der Waals surface area contributed by atoms with Crippen LogP contribution in [-0.2, 0) is 0 Å². The van der Waals surface area contributed by atoms with Crippen molar-refractivity contribution in [3.8, 4) is 5.75 Å². The molecule has 2 amide bonds. The number of ether oxygens (including phenoxy) is 1. The Kier molecular flexibility index (Phi) is 5.89. The lowest BCUT2D eigenvalue weighted by molar-refractivity contribution is 0.0696. The average molecular weight is 390 g/mol. The molecule has 3 rings (SSSR count). The van der Waals surface area contributed by atoms with Gasteiger partial charge in [0.1, 0.15) is 5.75 Å². The molecule has 0 aliphatic carbocycles. The topological polar surface area (TPSA) is 105 Å². The summed E-state index contributed by atoms with van der Waals surface area (Å²) in [4.78, 5) is 36.3. The third kappa shape index (κ3) is 4.59. The van der Waals surface area contributed by atoms with Gasteiger partial charge in [0.2, 0.25) is 0 Å². The highest BCUT2D eigenvalue weighted by molar-refractivity contribution is 6.13. The summed E-state index contributed by atoms with van der Waals surface area (Å²) in [6.45, 7) is 0. The Hall–Kier alpha value is -4.13. The number of anilines is 2. The predicted molar refractivity (Wildman–Crippen MR) is 109 cm³/mol. The van der Waals surface area contributed by atoms with E-state index in [1.54, 1.807) is 48.5 Å². The van der Waals surface area contributed by atoms with E-state index in [9.17, 15) is 14.4 Å². The minimum Gasteiger partial charge on any atom is -0.496 e. The molecular weight excluding hydrogens is 372 g/mol. The predicted octanol–water partition coefficient (Wildman–Crippen LogP) is 3.90. The van der Waals surface area contributed by atoms with E-state index >= 15 is 0 Å². The van der Waals surface area contributed by atoms with Crippen LogP contribution in [0.25, 0.3) is 0 Å². The van der Waals surface area contributed by atoms with Crippen LogP contribution in [0.15, 0.2) is 72.8 Å². The Bertz CT molecular complexity index is 1060. The molecule has 0 aliphatic heterocycles. The summed E-state index contributed by atoms with van der Waals surface area (Å²) in [5.41, 5.74) is 1.49. The maximum Gasteiger partial charge on any atom is 0.335 e. The van der Waals surface area contributed by atoms with E-state index in [0.717, 1.165) is 0 Å². The van der Waals surface area contributed by atoms with Gasteiger partial charge in [-0.2, -0.15) is 0 Å². The minimum atomic E-state index is -1.05. The first-order chi connectivity index (χ1) is 14.0. The molecule has 0 atom stereocenters. The van der Waals surface area contributed by atoms with E-state index in [1.165, 1.54) is 31.4 Å². The van der Waals surface area contributed by atoms with Gasteiger partial charge in [-0.25, -0.2) is 4.79 Å². The number of carbonyl (C=O) groups excluding carboxylic acids is 2. The maximum atomic E-state index is 12.7. The van der Waals surface area contributed by atoms with Gasteiger partial charge in [-0.3, -0.25) is 9.59 Å². The summed E-state index contributed by atoms with van der Waals surface area (Å²) in [5, 5.41) is 14.4. The fourth-order valence-electron chi connectivity index (χ4n) is 2.71. The molecule has 7 nitrogen and oxygen atoms in total. The molecule has 29 heavy (non-hydrogen) atoms. The van der Waals surface area contributed by atoms with Crippen LogP contribution >= 0.6 is 0 Å². The SMILES string of the molecule is COc1ccccc1C(=O)Nc1ccccc1C(=O)Nc1ccc(C(=O)O)cc1. The van der Waals surface area contributed by atoms with Gasteiger partial charge < -0.3 is 20.5 Å². The molecule has 7 heteroatoms. The van der Waals surface area contributed by atoms with E-state index < -0.39 is 17.8 Å². The standard InChI is InChI=1S/C22H18N2O5/c1-29-19-9-5-3-7-17(19)21(26)24-18-8-4-2-6-16(18)20(25)23-15-12-10-14(11-13-15)22(27)28/h2-13H,1H3,(H,23,25)(H,24,26)(H,27,28). The molecule has 0 heterocycles. The molecule has 0 aliphatic rings. The number of benzene rings is 3. The number of carboxylic acid groups (broad SMARTS) is 1. The van der Waals surface area contributed by atoms with Gasteiger partial charge in [-0.05, 0) is 48.5 Å². The van der Waals surface area contributed by atoms with Crippen molar-refractivity contribution >= 4 is 29.2 Å². The molecule has 0 unspecified atom stereocenters. The summed E-state index contributed by atoms with van der Waals surface area (Å²) >= 11 is 0. The highest BCUT2D eigenvalue weighted by Crippen LogP contribution is 2.22. The zero-order valence-corrected chi connectivity index (χ0v) is 15.5. The number of carbonyl (C=O) groups is 3. The molecule has 0 saturated heterocycles. The lowest BCUT2D eigenvalue weighted by atomic mass is 10.1. The van der Waals surface area contributed by atoms with Gasteiger partial charge in [0.15, 0.2) is 0 Å². The third-order valence-corrected chi connectivity index (χ3v) is 4.16. The lowest BCUT2D eigenvalue weighted by Crippen LogP contribution is -2.18. The van der Waals surface area contributed by atoms with E-state index in [4.69, 9.17) is 9.84 Å². The van der Waals surface area contributed by atoms with Gasteiger partial charge in [0.25, 0.3) is 11.8 Å². The number of hydrogen-bond acceptors (Lipinski definition) is 4. The van der Waals surface area contributed by atoms with Crippen LogP contribution in [-0.4, -0.2) is 30.0 Å². The normalized spacial score (nSPS) is 10.1. The summed E-state index contributed by atoms with van der Waals surface area (Å²) < 4.78 is 5.21. The highest BCUT2D eigenvalue weighted by atomic mass is 16.5. The second kappa shape index (κ2) is 8.71. The molecule has 146 valence electrons. The first-order valence-corrected chi connectivity index (χ1v) is 8.67. The van der Waals surface area contributed by atoms with Crippen LogP contribution in [0.4, 0.5) is 11.4 Å². The van der Waals surface area contributed by atoms with Crippen LogP contribution in [0.1, 0.15) is 31.1 Å². The fourth-order valence-corrected chi connectivity index (χ4v) is 2.71. The number of nitrogens with one attached hydrogen (secondary N) is 2. The number of hydrogen-bond donors (Lipinski definition) is 3. The average Bonchev–Trinajstić information content (AvgIpc) is 2.74. The fraction of sp³-hybridized carbons (Fsp3) is 0.0455. The Labute approximate surface area is 166 Å². The van der Waals surface area contributed by atoms with Crippen LogP contribution in [0.3, 0.4) is 0 Å². The quantitative estimate of drug-likeness (QED) is 0.592. The molecule has 0 radical (unpaired) electrons. The molecule has 3 N–H and O–H groups in total. The van der Waals surface area contributed by atoms with Crippen LogP contribution in [0, 0.1) is 0 Å². The first-order valence-electron chi connectivity index (χ1n) is 8.67. The zero-order chi connectivity index (χ0) is 20.8. The second-order valence-corrected chi connectivity index (χ2v) is 6.04. The molecule has 0 bridgehead atoms. The molecular formula is C22H18N2O5. The van der Waals surface area contributed by atoms with Crippen LogP contribution in [0.2, 0.25) is 0 Å². The molecule has 0 spiro atoms. The lowest BCUT2D eigenvalue weighted by Gasteiger charge is -2.13. The van der Waals surface area contributed by atoms with Gasteiger partial charge in [0, 0.05) is 5.69 Å². The Morgan fingerprint density at radius 1 is 0.759 bits per heavy atom. The van der Waals surface area contributed by atoms with Crippen molar-refractivity contribution in [2.45, 2.75) is 0 Å². The summed E-state index contributed by atoms with van der Waals surface area (Å²) in [5.74, 6) is -1.48. The van der Waals surface area contributed by atoms with Gasteiger partial charge in [0.05, 0.1) is 29.5 Å². The van der Waals surface area contributed by atoms with Gasteiger partial charge in [-0.1, -0.05) is 24.3 Å². The monoisotopic (exact) mass is 390 g/mol. The number of aromatic carboxylic acids is 1. The second-order valence-electron chi connectivity index (χ2n) is 6.04. The van der Waals surface area contributed by atoms with Crippen molar-refractivity contribution in [3.63, 3.8) is 0 Å². The molecule has 0 aromatic heterocycles. The number of para-hydroxylation sites is 2. The van der Waals surface area contributed by atoms with Crippen molar-refractivity contribution in [2.24, 2.45) is 0 Å². The molecule has 0 fully saturated rings. The third-order valence-electron chi connectivity index (χ3n) is 4.16. The number of amides is 2. The van der Waals surface area contributed by atoms with Crippen LogP contribution < -0.4 is 15.4 Å². The van der Waals surface area contributed by atoms with Crippen molar-refractivity contribution in [3.05, 3.63) is 89.5 Å². The maximum absolute atomic E-state index is 12.7. The van der Waals surface area contributed by atoms with Crippen molar-refractivity contribution in [2.75, 3.05) is 17.7 Å². The first kappa shape index (κ1) is 19.6. The smallest absolute Gasteiger partial charge is 0.335 e. The van der Waals surface area contributed by atoms with E-state index in [0.29, 0.717) is 22.7 Å². The van der Waals surface area contributed by atoms with E-state index in [-0.39, 0.29) is 11.1 Å². The summed E-state index contributed by atoms with van der Waals surface area (Å²) in [6.07, 6.45) is 0. The number of methoxy groups -OCH3 is 1. The highest BCUT2D eigenvalue weighted by Gasteiger charge is 2.16. The van der Waals surface area contributed by atoms with Crippen molar-refractivity contribution in [1.82, 2.24) is 0 Å². The Morgan fingerprint density at radius 2 is 1.34 bits per heavy atom. The van der Waals surface area contributed by atoms with E-state index in [2.05, 4.69) is 10.6 Å². The number of carboxylic acids is 1. The largest absolute Gasteiger partial charge is 0.496 e. The van der Waals surface area contributed by atoms with Crippen molar-refractivity contribution in [1.29, 1.82) is 0 Å². The Balaban J connectivity index is 1.80. The summed E-state index contributed by atoms with van der Waals surface area (Å²) in [7, 11) is 1.48. The van der Waals surface area contributed by atoms with Crippen molar-refractivity contribution < 1.29 is 24.2 Å². The van der Waals surface area contributed by atoms with Crippen LogP contribution in [0.5, 0.6) is 5.75 Å².